The van der Waals surface area contributed by atoms with E-state index in [0.717, 1.165) is 24.4 Å². The van der Waals surface area contributed by atoms with Gasteiger partial charge in [-0.25, -0.2) is 0 Å². The van der Waals surface area contributed by atoms with E-state index in [4.69, 9.17) is 10.5 Å². The molecule has 0 heterocycles. The Balaban J connectivity index is 2.42. The number of hydrogen-bond donors (Lipinski definition) is 2. The van der Waals surface area contributed by atoms with Gasteiger partial charge in [0.2, 0.25) is 0 Å². The van der Waals surface area contributed by atoms with Gasteiger partial charge in [0, 0.05) is 18.3 Å². The van der Waals surface area contributed by atoms with Gasteiger partial charge >= 0.3 is 0 Å². The van der Waals surface area contributed by atoms with Crippen LogP contribution in [0.2, 0.25) is 0 Å². The van der Waals surface area contributed by atoms with Gasteiger partial charge < -0.3 is 15.8 Å². The Kier molecular flexibility index (Phi) is 4.98. The molecule has 1 aromatic rings. The summed E-state index contributed by atoms with van der Waals surface area (Å²) in [6, 6.07) is 8.16. The van der Waals surface area contributed by atoms with Crippen LogP contribution in [0.5, 0.6) is 5.75 Å². The molecule has 0 aliphatic rings. The average molecular weight is 208 g/mol. The molecule has 84 valence electrons. The Hall–Kier alpha value is -1.22. The summed E-state index contributed by atoms with van der Waals surface area (Å²) in [6.07, 6.45) is 0.990. The van der Waals surface area contributed by atoms with E-state index in [0.29, 0.717) is 6.61 Å². The molecule has 0 fully saturated rings. The van der Waals surface area contributed by atoms with Gasteiger partial charge in [0.05, 0.1) is 6.61 Å². The second kappa shape index (κ2) is 6.30. The number of nitrogens with two attached hydrogens (primary N) is 1. The quantitative estimate of drug-likeness (QED) is 0.753. The zero-order valence-corrected chi connectivity index (χ0v) is 9.49. The van der Waals surface area contributed by atoms with Crippen molar-refractivity contribution in [3.8, 4) is 5.75 Å². The van der Waals surface area contributed by atoms with Crippen molar-refractivity contribution in [2.75, 3.05) is 18.5 Å². The number of anilines is 1. The standard InChI is InChI=1S/C12H20N2O/c1-3-10(13)9-14-11-5-7-12(8-6-11)15-4-2/h5-8,10,14H,3-4,9,13H2,1-2H3. The SMILES string of the molecule is CCOc1ccc(NCC(N)CC)cc1. The maximum Gasteiger partial charge on any atom is 0.119 e. The van der Waals surface area contributed by atoms with Gasteiger partial charge in [-0.1, -0.05) is 6.92 Å². The predicted octanol–water partition coefficient (Wildman–Crippen LogP) is 2.23. The summed E-state index contributed by atoms with van der Waals surface area (Å²) in [5.41, 5.74) is 6.90. The van der Waals surface area contributed by atoms with Crippen molar-refractivity contribution in [1.29, 1.82) is 0 Å². The number of hydrogen-bond acceptors (Lipinski definition) is 3. The molecular weight excluding hydrogens is 188 g/mol. The van der Waals surface area contributed by atoms with E-state index >= 15 is 0 Å². The number of benzene rings is 1. The smallest absolute Gasteiger partial charge is 0.119 e. The van der Waals surface area contributed by atoms with Crippen LogP contribution in [0.3, 0.4) is 0 Å². The highest BCUT2D eigenvalue weighted by atomic mass is 16.5. The Morgan fingerprint density at radius 2 is 1.93 bits per heavy atom. The maximum absolute atomic E-state index is 5.81. The van der Waals surface area contributed by atoms with Crippen molar-refractivity contribution in [3.05, 3.63) is 24.3 Å². The Morgan fingerprint density at radius 1 is 1.27 bits per heavy atom. The molecule has 0 aromatic heterocycles. The molecule has 1 aromatic carbocycles. The first-order chi connectivity index (χ1) is 7.26. The first-order valence-corrected chi connectivity index (χ1v) is 5.48. The van der Waals surface area contributed by atoms with Crippen LogP contribution in [-0.2, 0) is 0 Å². The maximum atomic E-state index is 5.81. The highest BCUT2D eigenvalue weighted by Gasteiger charge is 1.98. The molecular formula is C12H20N2O. The van der Waals surface area contributed by atoms with Crippen molar-refractivity contribution in [2.45, 2.75) is 26.3 Å². The van der Waals surface area contributed by atoms with Crippen molar-refractivity contribution in [1.82, 2.24) is 0 Å². The van der Waals surface area contributed by atoms with Gasteiger partial charge in [0.25, 0.3) is 0 Å². The molecule has 3 nitrogen and oxygen atoms in total. The minimum atomic E-state index is 0.219. The molecule has 0 amide bonds. The van der Waals surface area contributed by atoms with Crippen LogP contribution < -0.4 is 15.8 Å². The fraction of sp³-hybridized carbons (Fsp3) is 0.500. The predicted molar refractivity (Wildman–Crippen MR) is 64.4 cm³/mol. The second-order valence-electron chi connectivity index (χ2n) is 3.51. The normalized spacial score (nSPS) is 12.2. The van der Waals surface area contributed by atoms with E-state index in [1.54, 1.807) is 0 Å². The van der Waals surface area contributed by atoms with Crippen molar-refractivity contribution in [3.63, 3.8) is 0 Å². The minimum absolute atomic E-state index is 0.219. The molecule has 0 saturated carbocycles. The van der Waals surface area contributed by atoms with E-state index in [-0.39, 0.29) is 6.04 Å². The lowest BCUT2D eigenvalue weighted by Crippen LogP contribution is -2.27. The van der Waals surface area contributed by atoms with Crippen molar-refractivity contribution < 1.29 is 4.74 Å². The summed E-state index contributed by atoms with van der Waals surface area (Å²) >= 11 is 0. The highest BCUT2D eigenvalue weighted by Crippen LogP contribution is 2.15. The van der Waals surface area contributed by atoms with Gasteiger partial charge in [0.15, 0.2) is 0 Å². The Morgan fingerprint density at radius 3 is 2.47 bits per heavy atom. The monoisotopic (exact) mass is 208 g/mol. The van der Waals surface area contributed by atoms with Crippen molar-refractivity contribution in [2.24, 2.45) is 5.73 Å². The molecule has 0 aliphatic carbocycles. The fourth-order valence-electron chi connectivity index (χ4n) is 1.23. The summed E-state index contributed by atoms with van der Waals surface area (Å²) in [7, 11) is 0. The number of nitrogens with one attached hydrogen (secondary N) is 1. The van der Waals surface area contributed by atoms with Crippen LogP contribution in [0.1, 0.15) is 20.3 Å². The van der Waals surface area contributed by atoms with Crippen LogP contribution in [-0.4, -0.2) is 19.2 Å². The molecule has 15 heavy (non-hydrogen) atoms. The van der Waals surface area contributed by atoms with Crippen LogP contribution in [0.4, 0.5) is 5.69 Å². The van der Waals surface area contributed by atoms with Crippen LogP contribution >= 0.6 is 0 Å². The summed E-state index contributed by atoms with van der Waals surface area (Å²) in [5, 5.41) is 3.28. The topological polar surface area (TPSA) is 47.3 Å². The Labute approximate surface area is 91.6 Å². The van der Waals surface area contributed by atoms with Crippen LogP contribution in [0.15, 0.2) is 24.3 Å². The molecule has 0 bridgehead atoms. The summed E-state index contributed by atoms with van der Waals surface area (Å²) in [5.74, 6) is 0.905. The molecule has 3 N–H and O–H groups in total. The average Bonchev–Trinajstić information content (AvgIpc) is 2.28. The molecule has 1 rings (SSSR count). The summed E-state index contributed by atoms with van der Waals surface area (Å²) in [6.45, 7) is 5.58. The van der Waals surface area contributed by atoms with Gasteiger partial charge in [-0.15, -0.1) is 0 Å². The van der Waals surface area contributed by atoms with Gasteiger partial charge in [-0.3, -0.25) is 0 Å². The highest BCUT2D eigenvalue weighted by molar-refractivity contribution is 5.46. The Bertz CT molecular complexity index is 271. The third-order valence-electron chi connectivity index (χ3n) is 2.26. The van der Waals surface area contributed by atoms with E-state index in [1.165, 1.54) is 0 Å². The van der Waals surface area contributed by atoms with Crippen molar-refractivity contribution >= 4 is 5.69 Å². The fourth-order valence-corrected chi connectivity index (χ4v) is 1.23. The molecule has 1 atom stereocenters. The van der Waals surface area contributed by atoms with E-state index in [1.807, 2.05) is 31.2 Å². The molecule has 0 spiro atoms. The van der Waals surface area contributed by atoms with E-state index in [2.05, 4.69) is 12.2 Å². The van der Waals surface area contributed by atoms with Gasteiger partial charge in [-0.2, -0.15) is 0 Å². The lowest BCUT2D eigenvalue weighted by atomic mass is 10.2. The third kappa shape index (κ3) is 4.21. The first-order valence-electron chi connectivity index (χ1n) is 5.48. The van der Waals surface area contributed by atoms with E-state index in [9.17, 15) is 0 Å². The number of ether oxygens (including phenoxy) is 1. The summed E-state index contributed by atoms with van der Waals surface area (Å²) in [4.78, 5) is 0. The van der Waals surface area contributed by atoms with Gasteiger partial charge in [0.1, 0.15) is 5.75 Å². The number of rotatable bonds is 6. The molecule has 0 saturated heterocycles. The first kappa shape index (κ1) is 11.9. The lowest BCUT2D eigenvalue weighted by Gasteiger charge is -2.11. The molecule has 1 unspecified atom stereocenters. The molecule has 0 radical (unpaired) electrons. The second-order valence-corrected chi connectivity index (χ2v) is 3.51. The van der Waals surface area contributed by atoms with Crippen LogP contribution in [0, 0.1) is 0 Å². The zero-order valence-electron chi connectivity index (χ0n) is 9.49. The van der Waals surface area contributed by atoms with Crippen LogP contribution in [0.25, 0.3) is 0 Å². The third-order valence-corrected chi connectivity index (χ3v) is 2.26. The lowest BCUT2D eigenvalue weighted by molar-refractivity contribution is 0.340. The summed E-state index contributed by atoms with van der Waals surface area (Å²) < 4.78 is 5.36. The minimum Gasteiger partial charge on any atom is -0.494 e. The molecule has 0 aliphatic heterocycles. The molecule has 3 heteroatoms. The zero-order chi connectivity index (χ0) is 11.1. The van der Waals surface area contributed by atoms with E-state index < -0.39 is 0 Å². The largest absolute Gasteiger partial charge is 0.494 e. The van der Waals surface area contributed by atoms with Gasteiger partial charge in [-0.05, 0) is 37.6 Å².